The number of hydrogen-bond donors (Lipinski definition) is 3. The maximum atomic E-state index is 13.4. The first kappa shape index (κ1) is 26.4. The van der Waals surface area contributed by atoms with E-state index in [4.69, 9.17) is 4.74 Å². The number of aliphatic hydroxyl groups is 1. The minimum absolute atomic E-state index is 0.233. The molecule has 1 saturated heterocycles. The Labute approximate surface area is 223 Å². The number of fused-ring (bicyclic) bond motifs is 1. The van der Waals surface area contributed by atoms with Crippen LogP contribution in [-0.2, 0) is 22.0 Å². The second kappa shape index (κ2) is 10.9. The molecule has 0 spiro atoms. The number of rotatable bonds is 8. The molecule has 0 bridgehead atoms. The van der Waals surface area contributed by atoms with Crippen molar-refractivity contribution in [1.82, 2.24) is 14.3 Å². The summed E-state index contributed by atoms with van der Waals surface area (Å²) < 4.78 is 36.3. The molecule has 2 aliphatic rings. The highest BCUT2D eigenvalue weighted by Crippen LogP contribution is 2.37. The standard InChI is InChI=1S/C29H33N3O5S/c1-37-26-14-8-7-13-24(26)28(34)30-20-29(22-10-3-2-4-11-22)15-17-32(18-16-29)38(35,36)31-27-23-12-6-5-9-21(23)19-25(27)33/h2-14,25,27,31,33H,15-20H2,1H3,(H,30,34)/t25-,27+/m1/s1. The molecule has 200 valence electrons. The molecule has 5 rings (SSSR count). The maximum Gasteiger partial charge on any atom is 0.280 e. The summed E-state index contributed by atoms with van der Waals surface area (Å²) in [4.78, 5) is 13.1. The van der Waals surface area contributed by atoms with E-state index in [1.807, 2.05) is 60.7 Å². The molecule has 1 aliphatic heterocycles. The van der Waals surface area contributed by atoms with E-state index in [0.717, 1.165) is 16.7 Å². The molecule has 9 heteroatoms. The first-order chi connectivity index (χ1) is 18.3. The van der Waals surface area contributed by atoms with Gasteiger partial charge in [0, 0.05) is 31.5 Å². The SMILES string of the molecule is COc1ccccc1C(=O)NCC1(c2ccccc2)CCN(S(=O)(=O)N[C@H]2c3ccccc3C[C@H]2O)CC1. The number of piperidine rings is 1. The first-order valence-electron chi connectivity index (χ1n) is 12.8. The predicted octanol–water partition coefficient (Wildman–Crippen LogP) is 2.95. The first-order valence-corrected chi connectivity index (χ1v) is 14.3. The third kappa shape index (κ3) is 5.19. The Morgan fingerprint density at radius 1 is 1.00 bits per heavy atom. The molecule has 1 amide bonds. The van der Waals surface area contributed by atoms with Crippen molar-refractivity contribution in [2.24, 2.45) is 0 Å². The van der Waals surface area contributed by atoms with Gasteiger partial charge in [-0.3, -0.25) is 4.79 Å². The van der Waals surface area contributed by atoms with Gasteiger partial charge in [0.2, 0.25) is 0 Å². The number of methoxy groups -OCH3 is 1. The molecule has 0 saturated carbocycles. The summed E-state index contributed by atoms with van der Waals surface area (Å²) in [5.74, 6) is 0.268. The lowest BCUT2D eigenvalue weighted by Crippen LogP contribution is -2.53. The van der Waals surface area contributed by atoms with E-state index in [2.05, 4.69) is 10.0 Å². The summed E-state index contributed by atoms with van der Waals surface area (Å²) in [5, 5.41) is 13.6. The Balaban J connectivity index is 1.31. The number of carbonyl (C=O) groups is 1. The average Bonchev–Trinajstić information content (AvgIpc) is 3.26. The van der Waals surface area contributed by atoms with Gasteiger partial charge in [-0.1, -0.05) is 66.7 Å². The van der Waals surface area contributed by atoms with Crippen LogP contribution in [0.25, 0.3) is 0 Å². The summed E-state index contributed by atoms with van der Waals surface area (Å²) >= 11 is 0. The molecule has 3 aromatic rings. The second-order valence-electron chi connectivity index (χ2n) is 10.00. The molecular weight excluding hydrogens is 502 g/mol. The predicted molar refractivity (Wildman–Crippen MR) is 145 cm³/mol. The van der Waals surface area contributed by atoms with Crippen molar-refractivity contribution in [3.63, 3.8) is 0 Å². The van der Waals surface area contributed by atoms with Crippen LogP contribution in [0.4, 0.5) is 0 Å². The summed E-state index contributed by atoms with van der Waals surface area (Å²) in [6.45, 7) is 0.947. The fraction of sp³-hybridized carbons (Fsp3) is 0.345. The van der Waals surface area contributed by atoms with Crippen molar-refractivity contribution in [2.45, 2.75) is 36.8 Å². The van der Waals surface area contributed by atoms with Gasteiger partial charge in [-0.25, -0.2) is 0 Å². The lowest BCUT2D eigenvalue weighted by Gasteiger charge is -2.42. The van der Waals surface area contributed by atoms with Crippen molar-refractivity contribution in [3.05, 3.63) is 101 Å². The van der Waals surface area contributed by atoms with E-state index in [1.54, 1.807) is 18.2 Å². The molecule has 2 atom stereocenters. The number of ether oxygens (including phenoxy) is 1. The quantitative estimate of drug-likeness (QED) is 0.411. The van der Waals surface area contributed by atoms with Crippen molar-refractivity contribution in [1.29, 1.82) is 0 Å². The van der Waals surface area contributed by atoms with E-state index in [-0.39, 0.29) is 5.91 Å². The zero-order chi connectivity index (χ0) is 26.8. The third-order valence-corrected chi connectivity index (χ3v) is 9.42. The van der Waals surface area contributed by atoms with E-state index < -0.39 is 27.8 Å². The van der Waals surface area contributed by atoms with Gasteiger partial charge >= 0.3 is 0 Å². The minimum atomic E-state index is -3.84. The van der Waals surface area contributed by atoms with Crippen molar-refractivity contribution in [2.75, 3.05) is 26.7 Å². The lowest BCUT2D eigenvalue weighted by molar-refractivity contribution is 0.0929. The van der Waals surface area contributed by atoms with Gasteiger partial charge in [-0.05, 0) is 41.7 Å². The zero-order valence-corrected chi connectivity index (χ0v) is 22.2. The monoisotopic (exact) mass is 535 g/mol. The van der Waals surface area contributed by atoms with Gasteiger partial charge in [0.25, 0.3) is 16.1 Å². The van der Waals surface area contributed by atoms with Gasteiger partial charge in [-0.15, -0.1) is 0 Å². The molecule has 3 N–H and O–H groups in total. The van der Waals surface area contributed by atoms with E-state index in [1.165, 1.54) is 11.4 Å². The fourth-order valence-electron chi connectivity index (χ4n) is 5.64. The van der Waals surface area contributed by atoms with Crippen LogP contribution < -0.4 is 14.8 Å². The number of hydrogen-bond acceptors (Lipinski definition) is 5. The van der Waals surface area contributed by atoms with Crippen LogP contribution in [-0.4, -0.2) is 56.6 Å². The fourth-order valence-corrected chi connectivity index (χ4v) is 7.06. The third-order valence-electron chi connectivity index (χ3n) is 7.82. The van der Waals surface area contributed by atoms with Crippen molar-refractivity contribution in [3.8, 4) is 5.75 Å². The number of aliphatic hydroxyl groups excluding tert-OH is 1. The molecule has 0 aromatic heterocycles. The molecular formula is C29H33N3O5S. The molecule has 0 unspecified atom stereocenters. The Morgan fingerprint density at radius 3 is 2.39 bits per heavy atom. The van der Waals surface area contributed by atoms with Crippen LogP contribution in [0.5, 0.6) is 5.75 Å². The number of para-hydroxylation sites is 1. The van der Waals surface area contributed by atoms with Gasteiger partial charge in [0.1, 0.15) is 5.75 Å². The summed E-state index contributed by atoms with van der Waals surface area (Å²) in [5.41, 5.74) is 2.87. The normalized spacial score (nSPS) is 21.0. The topological polar surface area (TPSA) is 108 Å². The van der Waals surface area contributed by atoms with Crippen LogP contribution in [0, 0.1) is 0 Å². The van der Waals surface area contributed by atoms with E-state index in [9.17, 15) is 18.3 Å². The Bertz CT molecular complexity index is 1390. The largest absolute Gasteiger partial charge is 0.496 e. The molecule has 3 aromatic carbocycles. The zero-order valence-electron chi connectivity index (χ0n) is 21.3. The van der Waals surface area contributed by atoms with E-state index >= 15 is 0 Å². The Hall–Kier alpha value is -3.24. The number of amides is 1. The summed E-state index contributed by atoms with van der Waals surface area (Å²) in [6, 6.07) is 23.9. The van der Waals surface area contributed by atoms with Crippen molar-refractivity contribution < 1.29 is 23.1 Å². The van der Waals surface area contributed by atoms with Crippen LogP contribution in [0.15, 0.2) is 78.9 Å². The highest BCUT2D eigenvalue weighted by molar-refractivity contribution is 7.87. The Kier molecular flexibility index (Phi) is 7.54. The average molecular weight is 536 g/mol. The van der Waals surface area contributed by atoms with Gasteiger partial charge in [0.15, 0.2) is 0 Å². The van der Waals surface area contributed by atoms with Crippen molar-refractivity contribution >= 4 is 16.1 Å². The van der Waals surface area contributed by atoms with Gasteiger partial charge in [-0.2, -0.15) is 17.4 Å². The maximum absolute atomic E-state index is 13.4. The van der Waals surface area contributed by atoms with Crippen LogP contribution in [0.3, 0.4) is 0 Å². The van der Waals surface area contributed by atoms with Gasteiger partial charge in [0.05, 0.1) is 24.8 Å². The van der Waals surface area contributed by atoms with Gasteiger partial charge < -0.3 is 15.2 Å². The van der Waals surface area contributed by atoms with Crippen LogP contribution in [0.1, 0.15) is 45.9 Å². The summed E-state index contributed by atoms with van der Waals surface area (Å²) in [6.07, 6.45) is 0.689. The number of nitrogens with zero attached hydrogens (tertiary/aromatic N) is 1. The smallest absolute Gasteiger partial charge is 0.280 e. The second-order valence-corrected chi connectivity index (χ2v) is 11.7. The highest BCUT2D eigenvalue weighted by atomic mass is 32.2. The number of carbonyl (C=O) groups excluding carboxylic acids is 1. The molecule has 8 nitrogen and oxygen atoms in total. The molecule has 1 heterocycles. The lowest BCUT2D eigenvalue weighted by atomic mass is 9.73. The Morgan fingerprint density at radius 2 is 1.66 bits per heavy atom. The molecule has 0 radical (unpaired) electrons. The van der Waals surface area contributed by atoms with E-state index in [0.29, 0.717) is 50.2 Å². The molecule has 38 heavy (non-hydrogen) atoms. The van der Waals surface area contributed by atoms with Crippen LogP contribution in [0.2, 0.25) is 0 Å². The molecule has 1 fully saturated rings. The summed E-state index contributed by atoms with van der Waals surface area (Å²) in [7, 11) is -2.31. The number of nitrogens with one attached hydrogen (secondary N) is 2. The number of benzene rings is 3. The van der Waals surface area contributed by atoms with Crippen LogP contribution >= 0.6 is 0 Å². The minimum Gasteiger partial charge on any atom is -0.496 e. The molecule has 1 aliphatic carbocycles. The highest BCUT2D eigenvalue weighted by Gasteiger charge is 2.42.